The second-order valence-corrected chi connectivity index (χ2v) is 6.51. The molecule has 2 atom stereocenters. The fraction of sp³-hybridized carbons (Fsp3) is 0.238. The molecule has 0 radical (unpaired) electrons. The zero-order chi connectivity index (χ0) is 17.2. The van der Waals surface area contributed by atoms with Crippen LogP contribution in [0.15, 0.2) is 67.1 Å². The zero-order valence-electron chi connectivity index (χ0n) is 14.1. The second kappa shape index (κ2) is 6.55. The molecule has 2 unspecified atom stereocenters. The van der Waals surface area contributed by atoms with Crippen LogP contribution in [0.5, 0.6) is 0 Å². The first-order valence-corrected chi connectivity index (χ1v) is 8.55. The molecule has 0 spiro atoms. The average Bonchev–Trinajstić information content (AvgIpc) is 3.21. The van der Waals surface area contributed by atoms with Crippen molar-refractivity contribution in [3.63, 3.8) is 0 Å². The number of rotatable bonds is 4. The van der Waals surface area contributed by atoms with Crippen molar-refractivity contribution in [1.82, 2.24) is 9.55 Å². The number of hydrogen-bond acceptors (Lipinski definition) is 3. The molecule has 2 heterocycles. The van der Waals surface area contributed by atoms with Gasteiger partial charge in [0.15, 0.2) is 0 Å². The van der Waals surface area contributed by atoms with Crippen molar-refractivity contribution < 1.29 is 9.53 Å². The van der Waals surface area contributed by atoms with Gasteiger partial charge in [-0.2, -0.15) is 0 Å². The summed E-state index contributed by atoms with van der Waals surface area (Å²) in [6.45, 7) is 2.75. The highest BCUT2D eigenvalue weighted by molar-refractivity contribution is 5.88. The molecule has 0 fully saturated rings. The first-order chi connectivity index (χ1) is 12.2. The van der Waals surface area contributed by atoms with E-state index in [9.17, 15) is 4.79 Å². The first-order valence-electron chi connectivity index (χ1n) is 8.55. The lowest BCUT2D eigenvalue weighted by Gasteiger charge is -2.18. The Morgan fingerprint density at radius 2 is 1.96 bits per heavy atom. The fourth-order valence-electron chi connectivity index (χ4n) is 3.52. The number of benzene rings is 1. The maximum Gasteiger partial charge on any atom is 0.355 e. The van der Waals surface area contributed by atoms with Gasteiger partial charge in [-0.05, 0) is 41.0 Å². The Hall–Kier alpha value is -2.88. The molecule has 0 aliphatic heterocycles. The second-order valence-electron chi connectivity index (χ2n) is 6.51. The molecule has 126 valence electrons. The third-order valence-electron chi connectivity index (χ3n) is 4.92. The van der Waals surface area contributed by atoms with E-state index >= 15 is 0 Å². The molecule has 0 amide bonds. The molecule has 25 heavy (non-hydrogen) atoms. The van der Waals surface area contributed by atoms with Crippen LogP contribution < -0.4 is 0 Å². The molecule has 0 saturated heterocycles. The lowest BCUT2D eigenvalue weighted by atomic mass is 10.0. The number of carbonyl (C=O) groups excluding carboxylic acids is 1. The van der Waals surface area contributed by atoms with Crippen LogP contribution in [0, 0.1) is 0 Å². The minimum atomic E-state index is -0.260. The summed E-state index contributed by atoms with van der Waals surface area (Å²) in [5.41, 5.74) is 4.24. The van der Waals surface area contributed by atoms with Crippen molar-refractivity contribution in [2.75, 3.05) is 0 Å². The Kier molecular flexibility index (Phi) is 4.10. The van der Waals surface area contributed by atoms with Gasteiger partial charge in [0, 0.05) is 37.5 Å². The summed E-state index contributed by atoms with van der Waals surface area (Å²) >= 11 is 0. The van der Waals surface area contributed by atoms with Crippen molar-refractivity contribution in [2.24, 2.45) is 0 Å². The van der Waals surface area contributed by atoms with Gasteiger partial charge in [-0.15, -0.1) is 0 Å². The molecular formula is C21H20N2O2. The fourth-order valence-corrected chi connectivity index (χ4v) is 3.52. The van der Waals surface area contributed by atoms with Gasteiger partial charge in [0.05, 0.1) is 0 Å². The largest absolute Gasteiger partial charge is 0.457 e. The van der Waals surface area contributed by atoms with Gasteiger partial charge in [-0.3, -0.25) is 4.98 Å². The summed E-state index contributed by atoms with van der Waals surface area (Å²) in [5, 5.41) is 0. The predicted molar refractivity (Wildman–Crippen MR) is 95.5 cm³/mol. The number of hydrogen-bond donors (Lipinski definition) is 0. The molecule has 2 aromatic heterocycles. The summed E-state index contributed by atoms with van der Waals surface area (Å²) in [7, 11) is 0. The average molecular weight is 332 g/mol. The maximum absolute atomic E-state index is 12.7. The van der Waals surface area contributed by atoms with Gasteiger partial charge in [-0.1, -0.05) is 31.2 Å². The Labute approximate surface area is 147 Å². The molecule has 1 aliphatic carbocycles. The number of pyridine rings is 1. The summed E-state index contributed by atoms with van der Waals surface area (Å²) < 4.78 is 7.78. The molecule has 0 saturated carbocycles. The molecule has 3 aromatic rings. The predicted octanol–water partition coefficient (Wildman–Crippen LogP) is 3.82. The summed E-state index contributed by atoms with van der Waals surface area (Å²) in [6, 6.07) is 15.9. The SMILES string of the molecule is CC1c2ccccc2CC1OC(=O)c1cccn1Cc1ccncc1. The Morgan fingerprint density at radius 3 is 2.76 bits per heavy atom. The highest BCUT2D eigenvalue weighted by Crippen LogP contribution is 2.35. The van der Waals surface area contributed by atoms with Crippen LogP contribution in [0.2, 0.25) is 0 Å². The van der Waals surface area contributed by atoms with Gasteiger partial charge < -0.3 is 9.30 Å². The van der Waals surface area contributed by atoms with Crippen LogP contribution in [0.3, 0.4) is 0 Å². The molecule has 4 nitrogen and oxygen atoms in total. The lowest BCUT2D eigenvalue weighted by molar-refractivity contribution is 0.0265. The summed E-state index contributed by atoms with van der Waals surface area (Å²) in [4.78, 5) is 16.7. The smallest absolute Gasteiger partial charge is 0.355 e. The maximum atomic E-state index is 12.7. The van der Waals surface area contributed by atoms with Crippen molar-refractivity contribution >= 4 is 5.97 Å². The normalized spacial score (nSPS) is 18.8. The monoisotopic (exact) mass is 332 g/mol. The van der Waals surface area contributed by atoms with Crippen molar-refractivity contribution in [3.05, 3.63) is 89.5 Å². The summed E-state index contributed by atoms with van der Waals surface area (Å²) in [6.07, 6.45) is 6.11. The number of aromatic nitrogens is 2. The summed E-state index contributed by atoms with van der Waals surface area (Å²) in [5.74, 6) is -0.0347. The molecule has 0 bridgehead atoms. The topological polar surface area (TPSA) is 44.1 Å². The van der Waals surface area contributed by atoms with Crippen LogP contribution >= 0.6 is 0 Å². The molecule has 4 heteroatoms. The van der Waals surface area contributed by atoms with Gasteiger partial charge in [0.25, 0.3) is 0 Å². The van der Waals surface area contributed by atoms with Crippen LogP contribution in [0.25, 0.3) is 0 Å². The standard InChI is InChI=1S/C21H20N2O2/c1-15-18-6-3-2-5-17(18)13-20(15)25-21(24)19-7-4-12-23(19)14-16-8-10-22-11-9-16/h2-12,15,20H,13-14H2,1H3. The Balaban J connectivity index is 1.49. The van der Waals surface area contributed by atoms with Gasteiger partial charge >= 0.3 is 5.97 Å². The van der Waals surface area contributed by atoms with E-state index in [1.807, 2.05) is 47.2 Å². The minimum absolute atomic E-state index is 0.103. The van der Waals surface area contributed by atoms with E-state index in [0.717, 1.165) is 12.0 Å². The van der Waals surface area contributed by atoms with Crippen molar-refractivity contribution in [1.29, 1.82) is 0 Å². The number of nitrogens with zero attached hydrogens (tertiary/aromatic N) is 2. The Morgan fingerprint density at radius 1 is 1.16 bits per heavy atom. The van der Waals surface area contributed by atoms with Crippen LogP contribution in [-0.4, -0.2) is 21.6 Å². The quantitative estimate of drug-likeness (QED) is 0.682. The van der Waals surface area contributed by atoms with Crippen LogP contribution in [0.1, 0.15) is 40.0 Å². The van der Waals surface area contributed by atoms with E-state index in [2.05, 4.69) is 24.0 Å². The van der Waals surface area contributed by atoms with E-state index in [1.54, 1.807) is 12.4 Å². The van der Waals surface area contributed by atoms with Gasteiger partial charge in [0.2, 0.25) is 0 Å². The van der Waals surface area contributed by atoms with E-state index in [-0.39, 0.29) is 18.0 Å². The van der Waals surface area contributed by atoms with Gasteiger partial charge in [-0.25, -0.2) is 4.79 Å². The number of carbonyl (C=O) groups is 1. The van der Waals surface area contributed by atoms with Gasteiger partial charge in [0.1, 0.15) is 11.8 Å². The van der Waals surface area contributed by atoms with Crippen molar-refractivity contribution in [3.8, 4) is 0 Å². The third kappa shape index (κ3) is 3.07. The first kappa shape index (κ1) is 15.6. The Bertz CT molecular complexity index is 886. The zero-order valence-corrected chi connectivity index (χ0v) is 14.1. The third-order valence-corrected chi connectivity index (χ3v) is 4.92. The van der Waals surface area contributed by atoms with E-state index < -0.39 is 0 Å². The lowest BCUT2D eigenvalue weighted by Crippen LogP contribution is -2.23. The highest BCUT2D eigenvalue weighted by Gasteiger charge is 2.32. The molecule has 4 rings (SSSR count). The molecule has 1 aliphatic rings. The van der Waals surface area contributed by atoms with E-state index in [1.165, 1.54) is 11.1 Å². The molecule has 0 N–H and O–H groups in total. The van der Waals surface area contributed by atoms with Crippen molar-refractivity contribution in [2.45, 2.75) is 31.9 Å². The van der Waals surface area contributed by atoms with E-state index in [0.29, 0.717) is 12.2 Å². The number of esters is 1. The molecule has 1 aromatic carbocycles. The minimum Gasteiger partial charge on any atom is -0.457 e. The molecular weight excluding hydrogens is 312 g/mol. The number of ether oxygens (including phenoxy) is 1. The number of fused-ring (bicyclic) bond motifs is 1. The highest BCUT2D eigenvalue weighted by atomic mass is 16.5. The van der Waals surface area contributed by atoms with Crippen LogP contribution in [0.4, 0.5) is 0 Å². The van der Waals surface area contributed by atoms with E-state index in [4.69, 9.17) is 4.74 Å². The van der Waals surface area contributed by atoms with Crippen LogP contribution in [-0.2, 0) is 17.7 Å².